The Kier molecular flexibility index (Phi) is 3.17. The third-order valence-corrected chi connectivity index (χ3v) is 5.70. The standard InChI is InChI=1S/C17H19N3O3S/c1-10-4-5-15-13(6-10)14-7-12(9-24(21,22)23)20-11(2)18-8-16(20)17(14)19(15)3/h4-6,8,12H,7,9H2,1-3H3,(H,21,22,23). The Bertz CT molecular complexity index is 1080. The molecular formula is C17H19N3O3S. The second-order valence-electron chi connectivity index (χ2n) is 6.57. The van der Waals surface area contributed by atoms with Gasteiger partial charge in [0.2, 0.25) is 0 Å². The van der Waals surface area contributed by atoms with Crippen molar-refractivity contribution in [3.63, 3.8) is 0 Å². The van der Waals surface area contributed by atoms with Crippen LogP contribution in [0.15, 0.2) is 24.4 Å². The van der Waals surface area contributed by atoms with Gasteiger partial charge in [0.15, 0.2) is 0 Å². The zero-order valence-corrected chi connectivity index (χ0v) is 14.6. The summed E-state index contributed by atoms with van der Waals surface area (Å²) in [4.78, 5) is 4.38. The van der Waals surface area contributed by atoms with Crippen molar-refractivity contribution in [1.82, 2.24) is 14.1 Å². The molecule has 4 rings (SSSR count). The summed E-state index contributed by atoms with van der Waals surface area (Å²) in [5, 5.41) is 1.14. The van der Waals surface area contributed by atoms with Gasteiger partial charge in [-0.25, -0.2) is 4.98 Å². The Morgan fingerprint density at radius 2 is 2.08 bits per heavy atom. The topological polar surface area (TPSA) is 77.1 Å². The van der Waals surface area contributed by atoms with Gasteiger partial charge in [-0.1, -0.05) is 11.6 Å². The summed E-state index contributed by atoms with van der Waals surface area (Å²) < 4.78 is 36.4. The number of hydrogen-bond acceptors (Lipinski definition) is 3. The van der Waals surface area contributed by atoms with Gasteiger partial charge < -0.3 is 9.13 Å². The maximum atomic E-state index is 11.5. The van der Waals surface area contributed by atoms with Crippen LogP contribution in [0, 0.1) is 13.8 Å². The molecule has 1 aromatic carbocycles. The maximum Gasteiger partial charge on any atom is 0.266 e. The number of fused-ring (bicyclic) bond motifs is 5. The molecule has 3 heterocycles. The van der Waals surface area contributed by atoms with Gasteiger partial charge in [-0.2, -0.15) is 8.42 Å². The molecule has 1 aliphatic heterocycles. The summed E-state index contributed by atoms with van der Waals surface area (Å²) in [6.45, 7) is 3.91. The van der Waals surface area contributed by atoms with E-state index in [-0.39, 0.29) is 11.8 Å². The minimum Gasteiger partial charge on any atom is -0.342 e. The Labute approximate surface area is 140 Å². The SMILES string of the molecule is Cc1ccc2c(c1)c1c(n2C)-c2cnc(C)n2C(CS(=O)(=O)O)C1. The van der Waals surface area contributed by atoms with Gasteiger partial charge in [0.1, 0.15) is 5.82 Å². The van der Waals surface area contributed by atoms with Gasteiger partial charge in [0.05, 0.1) is 29.4 Å². The predicted octanol–water partition coefficient (Wildman–Crippen LogP) is 2.64. The Hall–Kier alpha value is -2.12. The molecule has 0 amide bonds. The monoisotopic (exact) mass is 345 g/mol. The van der Waals surface area contributed by atoms with Gasteiger partial charge in [0, 0.05) is 18.0 Å². The lowest BCUT2D eigenvalue weighted by molar-refractivity contribution is 0.452. The summed E-state index contributed by atoms with van der Waals surface area (Å²) in [5.74, 6) is 0.449. The Balaban J connectivity index is 2.02. The molecule has 0 fully saturated rings. The average Bonchev–Trinajstić information content (AvgIpc) is 2.98. The zero-order chi connectivity index (χ0) is 17.2. The molecule has 0 bridgehead atoms. The van der Waals surface area contributed by atoms with Crippen LogP contribution in [0.2, 0.25) is 0 Å². The second-order valence-corrected chi connectivity index (χ2v) is 8.07. The van der Waals surface area contributed by atoms with Crippen LogP contribution in [0.5, 0.6) is 0 Å². The van der Waals surface area contributed by atoms with Gasteiger partial charge in [-0.05, 0) is 38.0 Å². The van der Waals surface area contributed by atoms with E-state index in [0.29, 0.717) is 6.42 Å². The smallest absolute Gasteiger partial charge is 0.266 e. The molecule has 24 heavy (non-hydrogen) atoms. The number of benzene rings is 1. The first kappa shape index (κ1) is 15.4. The van der Waals surface area contributed by atoms with Crippen molar-refractivity contribution >= 4 is 21.0 Å². The van der Waals surface area contributed by atoms with E-state index in [1.165, 1.54) is 0 Å². The third kappa shape index (κ3) is 2.19. The van der Waals surface area contributed by atoms with Crippen molar-refractivity contribution in [2.24, 2.45) is 7.05 Å². The van der Waals surface area contributed by atoms with E-state index in [1.54, 1.807) is 6.20 Å². The number of imidazole rings is 1. The lowest BCUT2D eigenvalue weighted by atomic mass is 9.97. The summed E-state index contributed by atoms with van der Waals surface area (Å²) >= 11 is 0. The lowest BCUT2D eigenvalue weighted by Gasteiger charge is -2.27. The van der Waals surface area contributed by atoms with Crippen molar-refractivity contribution in [1.29, 1.82) is 0 Å². The first-order chi connectivity index (χ1) is 11.3. The highest BCUT2D eigenvalue weighted by atomic mass is 32.2. The van der Waals surface area contributed by atoms with Crippen molar-refractivity contribution < 1.29 is 13.0 Å². The van der Waals surface area contributed by atoms with Gasteiger partial charge >= 0.3 is 0 Å². The minimum atomic E-state index is -4.07. The minimum absolute atomic E-state index is 0.307. The molecule has 3 aromatic rings. The highest BCUT2D eigenvalue weighted by Gasteiger charge is 2.32. The second kappa shape index (κ2) is 4.94. The molecule has 6 nitrogen and oxygen atoms in total. The lowest BCUT2D eigenvalue weighted by Crippen LogP contribution is -2.26. The highest BCUT2D eigenvalue weighted by molar-refractivity contribution is 7.85. The number of rotatable bonds is 2. The summed E-state index contributed by atoms with van der Waals surface area (Å²) in [6.07, 6.45) is 2.34. The molecule has 0 radical (unpaired) electrons. The summed E-state index contributed by atoms with van der Waals surface area (Å²) in [6, 6.07) is 5.95. The third-order valence-electron chi connectivity index (χ3n) is 4.89. The van der Waals surface area contributed by atoms with Crippen molar-refractivity contribution in [2.45, 2.75) is 26.3 Å². The normalized spacial score (nSPS) is 17.1. The van der Waals surface area contributed by atoms with Crippen molar-refractivity contribution in [3.8, 4) is 11.4 Å². The highest BCUT2D eigenvalue weighted by Crippen LogP contribution is 2.41. The van der Waals surface area contributed by atoms with Crippen LogP contribution >= 0.6 is 0 Å². The van der Waals surface area contributed by atoms with Gasteiger partial charge in [-0.15, -0.1) is 0 Å². The first-order valence-corrected chi connectivity index (χ1v) is 9.44. The first-order valence-electron chi connectivity index (χ1n) is 7.83. The maximum absolute atomic E-state index is 11.5. The summed E-state index contributed by atoms with van der Waals surface area (Å²) in [7, 11) is -2.05. The van der Waals surface area contributed by atoms with Crippen LogP contribution in [0.3, 0.4) is 0 Å². The van der Waals surface area contributed by atoms with Crippen molar-refractivity contribution in [2.75, 3.05) is 5.75 Å². The van der Waals surface area contributed by atoms with E-state index in [4.69, 9.17) is 0 Å². The largest absolute Gasteiger partial charge is 0.342 e. The molecular weight excluding hydrogens is 326 g/mol. The molecule has 1 unspecified atom stereocenters. The molecule has 0 aliphatic carbocycles. The molecule has 0 spiro atoms. The molecule has 1 N–H and O–H groups in total. The molecule has 1 aliphatic rings. The summed E-state index contributed by atoms with van der Waals surface area (Å²) in [5.41, 5.74) is 5.37. The Morgan fingerprint density at radius 1 is 1.33 bits per heavy atom. The van der Waals surface area contributed by atoms with Crippen LogP contribution in [0.1, 0.15) is 23.0 Å². The van der Waals surface area contributed by atoms with E-state index in [9.17, 15) is 13.0 Å². The number of aromatic nitrogens is 3. The fourth-order valence-electron chi connectivity index (χ4n) is 3.96. The quantitative estimate of drug-likeness (QED) is 0.724. The van der Waals surface area contributed by atoms with E-state index < -0.39 is 10.1 Å². The molecule has 0 saturated carbocycles. The fourth-order valence-corrected chi connectivity index (χ4v) is 4.71. The number of aryl methyl sites for hydroxylation is 3. The number of nitrogens with zero attached hydrogens (tertiary/aromatic N) is 3. The average molecular weight is 345 g/mol. The predicted molar refractivity (Wildman–Crippen MR) is 92.8 cm³/mol. The zero-order valence-electron chi connectivity index (χ0n) is 13.8. The van der Waals surface area contributed by atoms with E-state index >= 15 is 0 Å². The van der Waals surface area contributed by atoms with Crippen LogP contribution < -0.4 is 0 Å². The van der Waals surface area contributed by atoms with Gasteiger partial charge in [0.25, 0.3) is 10.1 Å². The van der Waals surface area contributed by atoms with Crippen LogP contribution in [0.25, 0.3) is 22.3 Å². The van der Waals surface area contributed by atoms with E-state index in [1.807, 2.05) is 25.5 Å². The molecule has 7 heteroatoms. The Morgan fingerprint density at radius 3 is 2.79 bits per heavy atom. The van der Waals surface area contributed by atoms with Crippen LogP contribution in [-0.2, 0) is 23.6 Å². The van der Waals surface area contributed by atoms with Crippen LogP contribution in [-0.4, -0.2) is 32.8 Å². The fraction of sp³-hybridized carbons (Fsp3) is 0.353. The van der Waals surface area contributed by atoms with E-state index in [0.717, 1.165) is 39.2 Å². The number of hydrogen-bond donors (Lipinski definition) is 1. The van der Waals surface area contributed by atoms with E-state index in [2.05, 4.69) is 27.8 Å². The van der Waals surface area contributed by atoms with Crippen molar-refractivity contribution in [3.05, 3.63) is 41.3 Å². The molecule has 0 saturated heterocycles. The molecule has 2 aromatic heterocycles. The molecule has 1 atom stereocenters. The van der Waals surface area contributed by atoms with Gasteiger partial charge in [-0.3, -0.25) is 4.55 Å². The van der Waals surface area contributed by atoms with Crippen LogP contribution in [0.4, 0.5) is 0 Å². The molecule has 126 valence electrons.